The maximum absolute atomic E-state index is 12.4. The van der Waals surface area contributed by atoms with Gasteiger partial charge in [0.2, 0.25) is 5.91 Å². The zero-order chi connectivity index (χ0) is 20.8. The van der Waals surface area contributed by atoms with Crippen molar-refractivity contribution in [2.75, 3.05) is 25.0 Å². The Balaban J connectivity index is 1.88. The van der Waals surface area contributed by atoms with Crippen LogP contribution < -0.4 is 5.32 Å². The van der Waals surface area contributed by atoms with E-state index in [2.05, 4.69) is 5.32 Å². The van der Waals surface area contributed by atoms with Crippen LogP contribution in [0.15, 0.2) is 23.1 Å². The fourth-order valence-electron chi connectivity index (χ4n) is 2.86. The zero-order valence-corrected chi connectivity index (χ0v) is 18.2. The molecule has 1 aromatic carbocycles. The highest BCUT2D eigenvalue weighted by atomic mass is 35.5. The number of esters is 1. The first-order valence-electron chi connectivity index (χ1n) is 9.36. The average molecular weight is 427 g/mol. The fourth-order valence-corrected chi connectivity index (χ4v) is 4.11. The smallest absolute Gasteiger partial charge is 0.307 e. The van der Waals surface area contributed by atoms with Crippen LogP contribution in [0.2, 0.25) is 5.02 Å². The first-order chi connectivity index (χ1) is 13.2. The Bertz CT molecular complexity index is 729. The van der Waals surface area contributed by atoms with Crippen molar-refractivity contribution < 1.29 is 19.1 Å². The molecule has 0 spiro atoms. The van der Waals surface area contributed by atoms with Crippen LogP contribution in [0.3, 0.4) is 0 Å². The highest BCUT2D eigenvalue weighted by Crippen LogP contribution is 2.38. The Morgan fingerprint density at radius 3 is 2.46 bits per heavy atom. The standard InChI is InChI=1S/C20H27ClN2O4S/c1-12(2)9-23(10-13(3)4)18(24)11-27-19(25)8-17-20(26)22-15-7-14(21)5-6-16(15)28-17/h5-7,12-13,17H,8-11H2,1-4H3,(H,22,26). The number of benzene rings is 1. The topological polar surface area (TPSA) is 75.7 Å². The minimum Gasteiger partial charge on any atom is -0.456 e. The molecular formula is C20H27ClN2O4S. The molecule has 2 rings (SSSR count). The number of carbonyl (C=O) groups excluding carboxylic acids is 3. The number of fused-ring (bicyclic) bond motifs is 1. The van der Waals surface area contributed by atoms with Gasteiger partial charge in [-0.2, -0.15) is 0 Å². The molecule has 6 nitrogen and oxygen atoms in total. The summed E-state index contributed by atoms with van der Waals surface area (Å²) in [6.07, 6.45) is -0.0970. The van der Waals surface area contributed by atoms with Crippen LogP contribution in [0.1, 0.15) is 34.1 Å². The second-order valence-corrected chi connectivity index (χ2v) is 9.37. The minimum atomic E-state index is -0.598. The molecular weight excluding hydrogens is 400 g/mol. The molecule has 0 aliphatic carbocycles. The van der Waals surface area contributed by atoms with Crippen molar-refractivity contribution in [2.24, 2.45) is 11.8 Å². The van der Waals surface area contributed by atoms with Crippen molar-refractivity contribution >= 4 is 46.8 Å². The van der Waals surface area contributed by atoms with Crippen molar-refractivity contribution in [1.82, 2.24) is 4.90 Å². The summed E-state index contributed by atoms with van der Waals surface area (Å²) >= 11 is 7.23. The summed E-state index contributed by atoms with van der Waals surface area (Å²) in [6, 6.07) is 5.21. The number of hydrogen-bond donors (Lipinski definition) is 1. The van der Waals surface area contributed by atoms with E-state index in [9.17, 15) is 14.4 Å². The van der Waals surface area contributed by atoms with Gasteiger partial charge in [0, 0.05) is 23.0 Å². The van der Waals surface area contributed by atoms with Crippen LogP contribution in [-0.2, 0) is 19.1 Å². The van der Waals surface area contributed by atoms with E-state index in [4.69, 9.17) is 16.3 Å². The molecule has 1 aliphatic heterocycles. The van der Waals surface area contributed by atoms with Crippen molar-refractivity contribution in [1.29, 1.82) is 0 Å². The van der Waals surface area contributed by atoms with Gasteiger partial charge in [-0.25, -0.2) is 0 Å². The second-order valence-electron chi connectivity index (χ2n) is 7.69. The molecule has 1 unspecified atom stereocenters. The van der Waals surface area contributed by atoms with Gasteiger partial charge in [0.1, 0.15) is 0 Å². The van der Waals surface area contributed by atoms with Gasteiger partial charge >= 0.3 is 5.97 Å². The van der Waals surface area contributed by atoms with Gasteiger partial charge in [0.15, 0.2) is 6.61 Å². The Kier molecular flexibility index (Phi) is 8.19. The first kappa shape index (κ1) is 22.6. The molecule has 1 aliphatic rings. The first-order valence-corrected chi connectivity index (χ1v) is 10.6. The Morgan fingerprint density at radius 1 is 1.21 bits per heavy atom. The van der Waals surface area contributed by atoms with Crippen LogP contribution >= 0.6 is 23.4 Å². The van der Waals surface area contributed by atoms with Gasteiger partial charge in [0.25, 0.3) is 5.91 Å². The summed E-state index contributed by atoms with van der Waals surface area (Å²) in [6.45, 7) is 9.09. The second kappa shape index (κ2) is 10.2. The summed E-state index contributed by atoms with van der Waals surface area (Å²) in [5.41, 5.74) is 0.639. The minimum absolute atomic E-state index is 0.0970. The largest absolute Gasteiger partial charge is 0.456 e. The lowest BCUT2D eigenvalue weighted by Crippen LogP contribution is -2.40. The van der Waals surface area contributed by atoms with Gasteiger partial charge < -0.3 is 15.0 Å². The van der Waals surface area contributed by atoms with Crippen molar-refractivity contribution in [3.05, 3.63) is 23.2 Å². The van der Waals surface area contributed by atoms with Gasteiger partial charge in [-0.05, 0) is 30.0 Å². The number of amides is 2. The molecule has 1 aromatic rings. The summed E-state index contributed by atoms with van der Waals surface area (Å²) in [4.78, 5) is 39.4. The van der Waals surface area contributed by atoms with E-state index >= 15 is 0 Å². The maximum Gasteiger partial charge on any atom is 0.307 e. The maximum atomic E-state index is 12.4. The van der Waals surface area contributed by atoms with E-state index in [0.717, 1.165) is 4.90 Å². The fraction of sp³-hybridized carbons (Fsp3) is 0.550. The summed E-state index contributed by atoms with van der Waals surface area (Å²) in [5, 5.41) is 2.69. The SMILES string of the molecule is CC(C)CN(CC(C)C)C(=O)COC(=O)CC1Sc2ccc(Cl)cc2NC1=O. The Labute approximate surface area is 175 Å². The van der Waals surface area contributed by atoms with Gasteiger partial charge in [-0.3, -0.25) is 14.4 Å². The van der Waals surface area contributed by atoms with E-state index in [1.807, 2.05) is 27.7 Å². The van der Waals surface area contributed by atoms with E-state index in [1.54, 1.807) is 23.1 Å². The molecule has 1 atom stereocenters. The van der Waals surface area contributed by atoms with Crippen LogP contribution in [0.25, 0.3) is 0 Å². The zero-order valence-electron chi connectivity index (χ0n) is 16.7. The molecule has 0 fully saturated rings. The molecule has 0 saturated heterocycles. The van der Waals surface area contributed by atoms with Crippen LogP contribution in [0.5, 0.6) is 0 Å². The van der Waals surface area contributed by atoms with Gasteiger partial charge in [-0.1, -0.05) is 39.3 Å². The monoisotopic (exact) mass is 426 g/mol. The number of thioether (sulfide) groups is 1. The molecule has 28 heavy (non-hydrogen) atoms. The molecule has 8 heteroatoms. The van der Waals surface area contributed by atoms with E-state index in [0.29, 0.717) is 35.6 Å². The predicted octanol–water partition coefficient (Wildman–Crippen LogP) is 3.83. The van der Waals surface area contributed by atoms with Crippen LogP contribution in [0.4, 0.5) is 5.69 Å². The Hall–Kier alpha value is -1.73. The highest BCUT2D eigenvalue weighted by molar-refractivity contribution is 8.01. The lowest BCUT2D eigenvalue weighted by atomic mass is 10.1. The molecule has 2 amide bonds. The van der Waals surface area contributed by atoms with Crippen LogP contribution in [-0.4, -0.2) is 47.6 Å². The third-order valence-corrected chi connectivity index (χ3v) is 5.50. The number of halogens is 1. The molecule has 1 N–H and O–H groups in total. The number of rotatable bonds is 8. The Morgan fingerprint density at radius 2 is 1.86 bits per heavy atom. The number of hydrogen-bond acceptors (Lipinski definition) is 5. The van der Waals surface area contributed by atoms with Crippen LogP contribution in [0, 0.1) is 11.8 Å². The van der Waals surface area contributed by atoms with Crippen molar-refractivity contribution in [2.45, 2.75) is 44.3 Å². The normalized spacial score (nSPS) is 16.0. The average Bonchev–Trinajstić information content (AvgIpc) is 2.59. The quantitative estimate of drug-likeness (QED) is 0.639. The predicted molar refractivity (Wildman–Crippen MR) is 112 cm³/mol. The molecule has 0 radical (unpaired) electrons. The van der Waals surface area contributed by atoms with Crippen molar-refractivity contribution in [3.63, 3.8) is 0 Å². The van der Waals surface area contributed by atoms with E-state index in [-0.39, 0.29) is 24.8 Å². The molecule has 0 saturated carbocycles. The number of anilines is 1. The molecule has 1 heterocycles. The summed E-state index contributed by atoms with van der Waals surface area (Å²) < 4.78 is 5.16. The molecule has 0 aromatic heterocycles. The summed E-state index contributed by atoms with van der Waals surface area (Å²) in [5.74, 6) is -0.392. The third kappa shape index (κ3) is 6.71. The number of nitrogens with zero attached hydrogens (tertiary/aromatic N) is 1. The van der Waals surface area contributed by atoms with E-state index in [1.165, 1.54) is 11.8 Å². The summed E-state index contributed by atoms with van der Waals surface area (Å²) in [7, 11) is 0. The lowest BCUT2D eigenvalue weighted by Gasteiger charge is -2.26. The highest BCUT2D eigenvalue weighted by Gasteiger charge is 2.30. The van der Waals surface area contributed by atoms with E-state index < -0.39 is 11.2 Å². The van der Waals surface area contributed by atoms with Gasteiger partial charge in [0.05, 0.1) is 17.4 Å². The number of ether oxygens (including phenoxy) is 1. The van der Waals surface area contributed by atoms with Gasteiger partial charge in [-0.15, -0.1) is 11.8 Å². The van der Waals surface area contributed by atoms with Crippen molar-refractivity contribution in [3.8, 4) is 0 Å². The molecule has 154 valence electrons. The number of nitrogens with one attached hydrogen (secondary N) is 1. The molecule has 0 bridgehead atoms. The number of carbonyl (C=O) groups is 3. The third-order valence-electron chi connectivity index (χ3n) is 3.99. The lowest BCUT2D eigenvalue weighted by molar-refractivity contribution is -0.152.